The van der Waals surface area contributed by atoms with Crippen molar-refractivity contribution >= 4 is 33.2 Å². The first-order chi connectivity index (χ1) is 12.4. The van der Waals surface area contributed by atoms with Crippen molar-refractivity contribution in [1.82, 2.24) is 4.90 Å². The lowest BCUT2D eigenvalue weighted by molar-refractivity contribution is -0.131. The molecule has 1 fully saturated rings. The van der Waals surface area contributed by atoms with Gasteiger partial charge in [0.25, 0.3) is 10.0 Å². The third kappa shape index (κ3) is 4.77. The number of carbonyl (C=O) groups excluding carboxylic acids is 1. The average molecular weight is 393 g/mol. The molecule has 1 heterocycles. The second-order valence-corrected chi connectivity index (χ2v) is 8.49. The Balaban J connectivity index is 1.63. The largest absolute Gasteiger partial charge is 0.342 e. The van der Waals surface area contributed by atoms with Crippen LogP contribution < -0.4 is 4.72 Å². The van der Waals surface area contributed by atoms with Crippen LogP contribution in [0.4, 0.5) is 5.69 Å². The summed E-state index contributed by atoms with van der Waals surface area (Å²) in [6.07, 6.45) is 3.66. The summed E-state index contributed by atoms with van der Waals surface area (Å²) in [4.78, 5) is 14.3. The molecule has 1 aliphatic heterocycles. The SMILES string of the molecule is O=C(Cc1ccc(NS(=O)(=O)c2ccc(Cl)cc2)cc1)N1CCCCC1. The van der Waals surface area contributed by atoms with E-state index in [1.807, 2.05) is 4.90 Å². The molecule has 0 bridgehead atoms. The van der Waals surface area contributed by atoms with E-state index in [-0.39, 0.29) is 10.8 Å². The Morgan fingerprint density at radius 1 is 0.962 bits per heavy atom. The van der Waals surface area contributed by atoms with Crippen molar-refractivity contribution in [2.24, 2.45) is 0 Å². The number of hydrogen-bond donors (Lipinski definition) is 1. The number of benzene rings is 2. The van der Waals surface area contributed by atoms with Crippen molar-refractivity contribution in [1.29, 1.82) is 0 Å². The zero-order valence-electron chi connectivity index (χ0n) is 14.3. The Kier molecular flexibility index (Phi) is 5.84. The molecular formula is C19H21ClN2O3S. The molecule has 7 heteroatoms. The average Bonchev–Trinajstić information content (AvgIpc) is 2.64. The number of nitrogens with one attached hydrogen (secondary N) is 1. The molecule has 1 aliphatic rings. The molecule has 5 nitrogen and oxygen atoms in total. The van der Waals surface area contributed by atoms with E-state index in [0.29, 0.717) is 17.1 Å². The lowest BCUT2D eigenvalue weighted by Gasteiger charge is -2.26. The topological polar surface area (TPSA) is 66.5 Å². The minimum atomic E-state index is -3.67. The summed E-state index contributed by atoms with van der Waals surface area (Å²) < 4.78 is 27.3. The van der Waals surface area contributed by atoms with Crippen molar-refractivity contribution < 1.29 is 13.2 Å². The van der Waals surface area contributed by atoms with Crippen LogP contribution in [0.1, 0.15) is 24.8 Å². The molecule has 0 radical (unpaired) electrons. The van der Waals surface area contributed by atoms with Gasteiger partial charge in [-0.05, 0) is 61.2 Å². The van der Waals surface area contributed by atoms with Gasteiger partial charge >= 0.3 is 0 Å². The molecule has 0 unspecified atom stereocenters. The second kappa shape index (κ2) is 8.10. The highest BCUT2D eigenvalue weighted by atomic mass is 35.5. The number of anilines is 1. The van der Waals surface area contributed by atoms with Crippen LogP contribution >= 0.6 is 11.6 Å². The Bertz CT molecular complexity index is 859. The maximum absolute atomic E-state index is 12.4. The van der Waals surface area contributed by atoms with Crippen LogP contribution in [0.5, 0.6) is 0 Å². The van der Waals surface area contributed by atoms with Crippen LogP contribution in [0.2, 0.25) is 5.02 Å². The van der Waals surface area contributed by atoms with Gasteiger partial charge in [0.2, 0.25) is 5.91 Å². The highest BCUT2D eigenvalue weighted by Crippen LogP contribution is 2.19. The number of amides is 1. The predicted molar refractivity (Wildman–Crippen MR) is 103 cm³/mol. The summed E-state index contributed by atoms with van der Waals surface area (Å²) in [5.41, 5.74) is 1.32. The minimum Gasteiger partial charge on any atom is -0.342 e. The van der Waals surface area contributed by atoms with Gasteiger partial charge in [0.15, 0.2) is 0 Å². The van der Waals surface area contributed by atoms with Gasteiger partial charge in [-0.1, -0.05) is 23.7 Å². The van der Waals surface area contributed by atoms with E-state index in [0.717, 1.165) is 31.5 Å². The van der Waals surface area contributed by atoms with Crippen molar-refractivity contribution in [2.75, 3.05) is 17.8 Å². The van der Waals surface area contributed by atoms with E-state index in [4.69, 9.17) is 11.6 Å². The highest BCUT2D eigenvalue weighted by Gasteiger charge is 2.17. The predicted octanol–water partition coefficient (Wildman–Crippen LogP) is 3.70. The molecule has 0 atom stereocenters. The molecule has 0 aliphatic carbocycles. The van der Waals surface area contributed by atoms with Gasteiger partial charge in [-0.25, -0.2) is 8.42 Å². The highest BCUT2D eigenvalue weighted by molar-refractivity contribution is 7.92. The molecular weight excluding hydrogens is 372 g/mol. The number of halogens is 1. The zero-order chi connectivity index (χ0) is 18.6. The van der Waals surface area contributed by atoms with Crippen molar-refractivity contribution in [3.63, 3.8) is 0 Å². The number of hydrogen-bond acceptors (Lipinski definition) is 3. The molecule has 2 aromatic carbocycles. The molecule has 26 heavy (non-hydrogen) atoms. The molecule has 3 rings (SSSR count). The zero-order valence-corrected chi connectivity index (χ0v) is 15.9. The smallest absolute Gasteiger partial charge is 0.261 e. The summed E-state index contributed by atoms with van der Waals surface area (Å²) in [6.45, 7) is 1.66. The summed E-state index contributed by atoms with van der Waals surface area (Å²) >= 11 is 5.79. The first-order valence-electron chi connectivity index (χ1n) is 8.59. The van der Waals surface area contributed by atoms with E-state index in [1.54, 1.807) is 24.3 Å². The molecule has 0 aromatic heterocycles. The monoisotopic (exact) mass is 392 g/mol. The van der Waals surface area contributed by atoms with Gasteiger partial charge in [-0.15, -0.1) is 0 Å². The van der Waals surface area contributed by atoms with Crippen LogP contribution in [-0.4, -0.2) is 32.3 Å². The molecule has 0 spiro atoms. The quantitative estimate of drug-likeness (QED) is 0.843. The Morgan fingerprint density at radius 3 is 2.19 bits per heavy atom. The minimum absolute atomic E-state index is 0.124. The number of rotatable bonds is 5. The molecule has 0 saturated carbocycles. The molecule has 138 valence electrons. The molecule has 2 aromatic rings. The van der Waals surface area contributed by atoms with Gasteiger partial charge in [0.1, 0.15) is 0 Å². The van der Waals surface area contributed by atoms with Crippen LogP contribution in [0, 0.1) is 0 Å². The van der Waals surface area contributed by atoms with E-state index >= 15 is 0 Å². The Hall–Kier alpha value is -2.05. The fraction of sp³-hybridized carbons (Fsp3) is 0.316. The van der Waals surface area contributed by atoms with E-state index in [9.17, 15) is 13.2 Å². The summed E-state index contributed by atoms with van der Waals surface area (Å²) in [5, 5.41) is 0.478. The number of piperidine rings is 1. The van der Waals surface area contributed by atoms with Gasteiger partial charge < -0.3 is 4.90 Å². The van der Waals surface area contributed by atoms with Gasteiger partial charge in [0.05, 0.1) is 11.3 Å². The fourth-order valence-corrected chi connectivity index (χ4v) is 4.13. The first-order valence-corrected chi connectivity index (χ1v) is 10.5. The maximum atomic E-state index is 12.4. The van der Waals surface area contributed by atoms with Crippen LogP contribution in [-0.2, 0) is 21.2 Å². The van der Waals surface area contributed by atoms with Crippen molar-refractivity contribution in [3.05, 3.63) is 59.1 Å². The van der Waals surface area contributed by atoms with Crippen LogP contribution in [0.25, 0.3) is 0 Å². The summed E-state index contributed by atoms with van der Waals surface area (Å²) in [7, 11) is -3.67. The van der Waals surface area contributed by atoms with Crippen molar-refractivity contribution in [2.45, 2.75) is 30.6 Å². The van der Waals surface area contributed by atoms with Crippen LogP contribution in [0.3, 0.4) is 0 Å². The Morgan fingerprint density at radius 2 is 1.58 bits per heavy atom. The maximum Gasteiger partial charge on any atom is 0.261 e. The van der Waals surface area contributed by atoms with E-state index < -0.39 is 10.0 Å². The molecule has 1 amide bonds. The lowest BCUT2D eigenvalue weighted by Crippen LogP contribution is -2.36. The first kappa shape index (κ1) is 18.7. The van der Waals surface area contributed by atoms with Gasteiger partial charge in [-0.3, -0.25) is 9.52 Å². The standard InChI is InChI=1S/C19H21ClN2O3S/c20-16-6-10-18(11-7-16)26(24,25)21-17-8-4-15(5-9-17)14-19(23)22-12-2-1-3-13-22/h4-11,21H,1-3,12-14H2. The van der Waals surface area contributed by atoms with E-state index in [2.05, 4.69) is 4.72 Å². The molecule has 1 saturated heterocycles. The molecule has 1 N–H and O–H groups in total. The van der Waals surface area contributed by atoms with Gasteiger partial charge in [-0.2, -0.15) is 0 Å². The van der Waals surface area contributed by atoms with Gasteiger partial charge in [0, 0.05) is 23.8 Å². The van der Waals surface area contributed by atoms with E-state index in [1.165, 1.54) is 30.7 Å². The number of carbonyl (C=O) groups is 1. The summed E-state index contributed by atoms with van der Waals surface area (Å²) in [6, 6.07) is 12.9. The Labute approximate surface area is 159 Å². The lowest BCUT2D eigenvalue weighted by atomic mass is 10.1. The number of nitrogens with zero attached hydrogens (tertiary/aromatic N) is 1. The normalized spacial score (nSPS) is 14.9. The summed E-state index contributed by atoms with van der Waals surface area (Å²) in [5.74, 6) is 0.124. The van der Waals surface area contributed by atoms with Crippen LogP contribution in [0.15, 0.2) is 53.4 Å². The number of sulfonamides is 1. The number of likely N-dealkylation sites (tertiary alicyclic amines) is 1. The fourth-order valence-electron chi connectivity index (χ4n) is 2.95. The second-order valence-electron chi connectivity index (χ2n) is 6.37. The van der Waals surface area contributed by atoms with Crippen molar-refractivity contribution in [3.8, 4) is 0 Å². The third-order valence-corrected chi connectivity index (χ3v) is 6.04. The third-order valence-electron chi connectivity index (χ3n) is 4.39.